The molecular weight excluding hydrogens is 514 g/mol. The van der Waals surface area contributed by atoms with Crippen molar-refractivity contribution in [3.05, 3.63) is 76.5 Å². The molecule has 41 heavy (non-hydrogen) atoms. The summed E-state index contributed by atoms with van der Waals surface area (Å²) in [6.07, 6.45) is 3.73. The fourth-order valence-electron chi connectivity index (χ4n) is 6.55. The predicted octanol–water partition coefficient (Wildman–Crippen LogP) is 4.93. The minimum atomic E-state index is -0.134. The van der Waals surface area contributed by atoms with Crippen molar-refractivity contribution in [2.45, 2.75) is 45.2 Å². The number of piperazine rings is 1. The van der Waals surface area contributed by atoms with Gasteiger partial charge in [-0.15, -0.1) is 0 Å². The molecular formula is C33H41N5O3. The summed E-state index contributed by atoms with van der Waals surface area (Å²) in [5, 5.41) is 3.45. The minimum absolute atomic E-state index is 0.0916. The summed E-state index contributed by atoms with van der Waals surface area (Å²) in [4.78, 5) is 26.0. The number of aromatic nitrogens is 1. The molecule has 0 radical (unpaired) electrons. The van der Waals surface area contributed by atoms with Crippen LogP contribution in [0.1, 0.15) is 58.5 Å². The van der Waals surface area contributed by atoms with E-state index in [4.69, 9.17) is 14.5 Å². The van der Waals surface area contributed by atoms with Gasteiger partial charge in [0, 0.05) is 61.8 Å². The third-order valence-corrected chi connectivity index (χ3v) is 8.93. The molecule has 8 heteroatoms. The molecule has 1 fully saturated rings. The van der Waals surface area contributed by atoms with E-state index in [1.54, 1.807) is 14.2 Å². The second-order valence-electron chi connectivity index (χ2n) is 11.2. The largest absolute Gasteiger partial charge is 0.493 e. The van der Waals surface area contributed by atoms with E-state index in [9.17, 15) is 4.79 Å². The van der Waals surface area contributed by atoms with Crippen molar-refractivity contribution >= 4 is 17.4 Å². The van der Waals surface area contributed by atoms with Crippen LogP contribution in [0.2, 0.25) is 0 Å². The van der Waals surface area contributed by atoms with Gasteiger partial charge in [0.1, 0.15) is 5.82 Å². The van der Waals surface area contributed by atoms with Crippen LogP contribution in [0.15, 0.2) is 48.5 Å². The third-order valence-electron chi connectivity index (χ3n) is 8.93. The number of likely N-dealkylation sites (N-methyl/N-ethyl adjacent to an activating group) is 1. The number of pyridine rings is 1. The van der Waals surface area contributed by atoms with E-state index in [0.717, 1.165) is 93.2 Å². The first-order valence-electron chi connectivity index (χ1n) is 14.9. The zero-order valence-electron chi connectivity index (χ0n) is 24.5. The van der Waals surface area contributed by atoms with Gasteiger partial charge in [0.2, 0.25) is 0 Å². The van der Waals surface area contributed by atoms with Gasteiger partial charge in [0.25, 0.3) is 5.91 Å². The Morgan fingerprint density at radius 3 is 2.61 bits per heavy atom. The number of nitrogens with one attached hydrogen (secondary N) is 1. The summed E-state index contributed by atoms with van der Waals surface area (Å²) >= 11 is 0. The van der Waals surface area contributed by atoms with Crippen molar-refractivity contribution < 1.29 is 14.3 Å². The van der Waals surface area contributed by atoms with Crippen LogP contribution in [0.5, 0.6) is 11.5 Å². The van der Waals surface area contributed by atoms with Crippen molar-refractivity contribution in [3.8, 4) is 11.5 Å². The van der Waals surface area contributed by atoms with Crippen LogP contribution in [-0.4, -0.2) is 74.2 Å². The van der Waals surface area contributed by atoms with Crippen molar-refractivity contribution in [2.24, 2.45) is 0 Å². The average molecular weight is 556 g/mol. The van der Waals surface area contributed by atoms with Gasteiger partial charge in [-0.05, 0) is 73.7 Å². The normalized spacial score (nSPS) is 17.6. The van der Waals surface area contributed by atoms with Crippen LogP contribution in [0.25, 0.3) is 0 Å². The van der Waals surface area contributed by atoms with Gasteiger partial charge in [-0.3, -0.25) is 4.79 Å². The number of ether oxygens (including phenoxy) is 2. The Hall–Kier alpha value is -3.78. The molecule has 2 aromatic carbocycles. The molecule has 6 rings (SSSR count). The highest BCUT2D eigenvalue weighted by Gasteiger charge is 2.36. The van der Waals surface area contributed by atoms with E-state index in [2.05, 4.69) is 46.3 Å². The van der Waals surface area contributed by atoms with E-state index >= 15 is 0 Å². The highest BCUT2D eigenvalue weighted by atomic mass is 16.5. The van der Waals surface area contributed by atoms with Crippen LogP contribution in [-0.2, 0) is 19.4 Å². The molecule has 1 amide bonds. The van der Waals surface area contributed by atoms with E-state index in [1.807, 2.05) is 29.2 Å². The number of carbonyl (C=O) groups is 1. The van der Waals surface area contributed by atoms with Crippen molar-refractivity contribution in [1.29, 1.82) is 0 Å². The van der Waals surface area contributed by atoms with Gasteiger partial charge in [0.05, 0.1) is 20.3 Å². The topological polar surface area (TPSA) is 70.2 Å². The first-order chi connectivity index (χ1) is 20.1. The summed E-state index contributed by atoms with van der Waals surface area (Å²) in [7, 11) is 3.30. The van der Waals surface area contributed by atoms with Gasteiger partial charge >= 0.3 is 0 Å². The molecule has 0 spiro atoms. The molecule has 0 bridgehead atoms. The molecule has 3 aliphatic heterocycles. The van der Waals surface area contributed by atoms with E-state index < -0.39 is 0 Å². The van der Waals surface area contributed by atoms with E-state index in [1.165, 1.54) is 11.3 Å². The number of fused-ring (bicyclic) bond motifs is 2. The monoisotopic (exact) mass is 555 g/mol. The first kappa shape index (κ1) is 27.4. The molecule has 0 saturated carbocycles. The summed E-state index contributed by atoms with van der Waals surface area (Å²) < 4.78 is 11.2. The lowest BCUT2D eigenvalue weighted by Gasteiger charge is -2.36. The number of anilines is 2. The Morgan fingerprint density at radius 1 is 1.00 bits per heavy atom. The quantitative estimate of drug-likeness (QED) is 0.402. The van der Waals surface area contributed by atoms with Crippen molar-refractivity contribution in [1.82, 2.24) is 14.8 Å². The Labute approximate surface area is 243 Å². The molecule has 1 saturated heterocycles. The van der Waals surface area contributed by atoms with Crippen LogP contribution in [0, 0.1) is 0 Å². The second kappa shape index (κ2) is 12.0. The van der Waals surface area contributed by atoms with Gasteiger partial charge in [-0.2, -0.15) is 0 Å². The second-order valence-corrected chi connectivity index (χ2v) is 11.2. The highest BCUT2D eigenvalue weighted by molar-refractivity contribution is 6.00. The molecule has 216 valence electrons. The number of hydrogen-bond acceptors (Lipinski definition) is 7. The van der Waals surface area contributed by atoms with Crippen molar-refractivity contribution in [2.75, 3.05) is 63.7 Å². The van der Waals surface area contributed by atoms with Crippen LogP contribution in [0.3, 0.4) is 0 Å². The van der Waals surface area contributed by atoms with E-state index in [-0.39, 0.29) is 11.9 Å². The lowest BCUT2D eigenvalue weighted by Crippen LogP contribution is -2.46. The maximum Gasteiger partial charge on any atom is 0.255 e. The number of hydrogen-bond donors (Lipinski definition) is 1. The number of aryl methyl sites for hydroxylation is 2. The van der Waals surface area contributed by atoms with E-state index in [0.29, 0.717) is 18.0 Å². The lowest BCUT2D eigenvalue weighted by molar-refractivity contribution is 0.0691. The lowest BCUT2D eigenvalue weighted by atomic mass is 9.98. The average Bonchev–Trinajstić information content (AvgIpc) is 3.37. The number of amides is 1. The molecule has 0 aliphatic carbocycles. The number of benzene rings is 2. The number of carbonyl (C=O) groups excluding carboxylic acids is 1. The molecule has 3 aromatic rings. The fraction of sp³-hybridized carbons (Fsp3) is 0.455. The van der Waals surface area contributed by atoms with Gasteiger partial charge in [-0.25, -0.2) is 4.98 Å². The molecule has 1 aromatic heterocycles. The summed E-state index contributed by atoms with van der Waals surface area (Å²) in [6, 6.07) is 16.5. The minimum Gasteiger partial charge on any atom is -0.493 e. The van der Waals surface area contributed by atoms with Crippen molar-refractivity contribution in [3.63, 3.8) is 0 Å². The zero-order valence-corrected chi connectivity index (χ0v) is 24.5. The molecule has 1 N–H and O–H groups in total. The molecule has 0 unspecified atom stereocenters. The number of nitrogens with zero attached hydrogens (tertiary/aromatic N) is 4. The predicted molar refractivity (Wildman–Crippen MR) is 162 cm³/mol. The maximum atomic E-state index is 14.0. The Morgan fingerprint density at radius 2 is 1.83 bits per heavy atom. The van der Waals surface area contributed by atoms with Crippen LogP contribution < -0.4 is 19.7 Å². The first-order valence-corrected chi connectivity index (χ1v) is 14.9. The molecule has 3 aliphatic rings. The van der Waals surface area contributed by atoms with Gasteiger partial charge in [0.15, 0.2) is 11.5 Å². The maximum absolute atomic E-state index is 14.0. The van der Waals surface area contributed by atoms with Gasteiger partial charge < -0.3 is 29.5 Å². The zero-order chi connectivity index (χ0) is 28.3. The summed E-state index contributed by atoms with van der Waals surface area (Å²) in [5.74, 6) is 2.45. The Bertz CT molecular complexity index is 1400. The number of rotatable bonds is 9. The number of methoxy groups -OCH3 is 2. The standard InChI is InChI=1S/C33H41N5O3/c1-4-36-17-19-37(20-18-36)29-9-5-8-26-27(29)22-38(33(26)39)28(24-11-15-30(40-2)31(21-24)41-3)14-13-25-12-10-23-7-6-16-34-32(23)35-25/h5,8-12,15,21,28H,4,6-7,13-14,16-20,22H2,1-3H3,(H,34,35)/t28-/m1/s1. The third kappa shape index (κ3) is 5.45. The fourth-order valence-corrected chi connectivity index (χ4v) is 6.55. The smallest absolute Gasteiger partial charge is 0.255 e. The summed E-state index contributed by atoms with van der Waals surface area (Å²) in [6.45, 7) is 8.92. The molecule has 8 nitrogen and oxygen atoms in total. The van der Waals surface area contributed by atoms with Gasteiger partial charge in [-0.1, -0.05) is 25.1 Å². The Balaban J connectivity index is 1.30. The molecule has 4 heterocycles. The molecule has 1 atom stereocenters. The highest BCUT2D eigenvalue weighted by Crippen LogP contribution is 2.40. The van der Waals surface area contributed by atoms with Crippen LogP contribution in [0.4, 0.5) is 11.5 Å². The Kier molecular flexibility index (Phi) is 8.01. The summed E-state index contributed by atoms with van der Waals surface area (Å²) in [5.41, 5.74) is 6.53. The SMILES string of the molecule is CCN1CCN(c2cccc3c2CN([C@H](CCc2ccc4c(n2)NCCC4)c2ccc(OC)c(OC)c2)C3=O)CC1. The van der Waals surface area contributed by atoms with Crippen LogP contribution >= 0.6 is 0 Å².